The smallest absolute Gasteiger partial charge is 0.252 e. The summed E-state index contributed by atoms with van der Waals surface area (Å²) in [7, 11) is 0. The van der Waals surface area contributed by atoms with Crippen molar-refractivity contribution < 1.29 is 4.79 Å². The molecule has 1 unspecified atom stereocenters. The summed E-state index contributed by atoms with van der Waals surface area (Å²) in [5.41, 5.74) is 7.30. The van der Waals surface area contributed by atoms with Gasteiger partial charge in [-0.1, -0.05) is 11.6 Å². The molecule has 104 valence electrons. The van der Waals surface area contributed by atoms with Crippen molar-refractivity contribution in [1.82, 2.24) is 10.3 Å². The summed E-state index contributed by atoms with van der Waals surface area (Å²) >= 11 is 7.59. The lowest BCUT2D eigenvalue weighted by molar-refractivity contribution is 0.0933. The zero-order chi connectivity index (χ0) is 14.1. The van der Waals surface area contributed by atoms with Gasteiger partial charge in [-0.3, -0.25) is 4.79 Å². The van der Waals surface area contributed by atoms with E-state index in [1.165, 1.54) is 16.5 Å². The van der Waals surface area contributed by atoms with Crippen molar-refractivity contribution in [3.63, 3.8) is 0 Å². The molecule has 2 heterocycles. The van der Waals surface area contributed by atoms with Crippen LogP contribution < -0.4 is 11.1 Å². The third kappa shape index (κ3) is 2.64. The Morgan fingerprint density at radius 3 is 3.15 bits per heavy atom. The number of hydrogen-bond donors (Lipinski definition) is 2. The maximum atomic E-state index is 12.3. The van der Waals surface area contributed by atoms with E-state index in [1.807, 2.05) is 0 Å². The van der Waals surface area contributed by atoms with Crippen LogP contribution in [0.5, 0.6) is 0 Å². The maximum Gasteiger partial charge on any atom is 0.252 e. The topological polar surface area (TPSA) is 68.0 Å². The quantitative estimate of drug-likeness (QED) is 0.837. The number of carbonyl (C=O) groups excluding carboxylic acids is 1. The summed E-state index contributed by atoms with van der Waals surface area (Å²) in [6, 6.07) is 5.24. The highest BCUT2D eigenvalue weighted by atomic mass is 35.5. The monoisotopic (exact) mass is 307 g/mol. The average molecular weight is 308 g/mol. The number of aromatic nitrogens is 1. The lowest BCUT2D eigenvalue weighted by Gasteiger charge is -2.23. The zero-order valence-corrected chi connectivity index (χ0v) is 12.3. The number of fused-ring (bicyclic) bond motifs is 1. The van der Waals surface area contributed by atoms with Crippen LogP contribution in [0.25, 0.3) is 0 Å². The molecule has 3 N–H and O–H groups in total. The van der Waals surface area contributed by atoms with Crippen molar-refractivity contribution in [2.45, 2.75) is 25.3 Å². The number of halogens is 1. The van der Waals surface area contributed by atoms with Crippen molar-refractivity contribution in [3.05, 3.63) is 44.7 Å². The fourth-order valence-corrected chi connectivity index (χ4v) is 3.73. The molecule has 0 saturated carbocycles. The molecule has 4 nitrogen and oxygen atoms in total. The van der Waals surface area contributed by atoms with Gasteiger partial charge in [0, 0.05) is 10.4 Å². The Morgan fingerprint density at radius 2 is 2.35 bits per heavy atom. The Labute approximate surface area is 126 Å². The van der Waals surface area contributed by atoms with Crippen LogP contribution in [-0.4, -0.2) is 10.9 Å². The van der Waals surface area contributed by atoms with Gasteiger partial charge in [-0.15, -0.1) is 11.3 Å². The molecule has 6 heteroatoms. The predicted molar refractivity (Wildman–Crippen MR) is 81.1 cm³/mol. The van der Waals surface area contributed by atoms with Crippen molar-refractivity contribution in [2.75, 3.05) is 5.73 Å². The molecule has 2 aromatic rings. The number of nitrogens with two attached hydrogens (primary N) is 1. The fraction of sp³-hybridized carbons (Fsp3) is 0.286. The van der Waals surface area contributed by atoms with Crippen LogP contribution in [0.2, 0.25) is 5.15 Å². The first-order valence-electron chi connectivity index (χ1n) is 6.43. The molecule has 0 spiro atoms. The second kappa shape index (κ2) is 5.42. The van der Waals surface area contributed by atoms with Gasteiger partial charge in [0.25, 0.3) is 5.91 Å². The number of carbonyl (C=O) groups is 1. The fourth-order valence-electron chi connectivity index (χ4n) is 2.53. The van der Waals surface area contributed by atoms with Gasteiger partial charge < -0.3 is 11.1 Å². The number of nitrogen functional groups attached to an aromatic ring is 1. The molecule has 0 aromatic carbocycles. The second-order valence-electron chi connectivity index (χ2n) is 4.82. The number of pyridine rings is 1. The number of aryl methyl sites for hydroxylation is 1. The molecule has 20 heavy (non-hydrogen) atoms. The van der Waals surface area contributed by atoms with E-state index in [0.29, 0.717) is 5.56 Å². The molecule has 0 bridgehead atoms. The van der Waals surface area contributed by atoms with E-state index in [-0.39, 0.29) is 22.9 Å². The van der Waals surface area contributed by atoms with Gasteiger partial charge in [0.15, 0.2) is 0 Å². The van der Waals surface area contributed by atoms with Crippen molar-refractivity contribution in [1.29, 1.82) is 0 Å². The summed E-state index contributed by atoms with van der Waals surface area (Å²) in [4.78, 5) is 17.5. The van der Waals surface area contributed by atoms with Gasteiger partial charge in [-0.2, -0.15) is 0 Å². The number of nitrogens with zero attached hydrogens (tertiary/aromatic N) is 1. The highest BCUT2D eigenvalue weighted by Crippen LogP contribution is 2.33. The molecule has 0 saturated heterocycles. The number of hydrogen-bond acceptors (Lipinski definition) is 4. The Kier molecular flexibility index (Phi) is 3.63. The molecule has 0 fully saturated rings. The molecule has 1 amide bonds. The van der Waals surface area contributed by atoms with E-state index in [9.17, 15) is 4.79 Å². The van der Waals surface area contributed by atoms with Gasteiger partial charge in [0.1, 0.15) is 11.0 Å². The normalized spacial score (nSPS) is 17.6. The molecule has 1 aliphatic rings. The van der Waals surface area contributed by atoms with Crippen molar-refractivity contribution in [2.24, 2.45) is 0 Å². The van der Waals surface area contributed by atoms with Crippen LogP contribution in [-0.2, 0) is 6.42 Å². The molecular weight excluding hydrogens is 294 g/mol. The maximum absolute atomic E-state index is 12.3. The van der Waals surface area contributed by atoms with E-state index in [4.69, 9.17) is 17.3 Å². The van der Waals surface area contributed by atoms with E-state index in [2.05, 4.69) is 21.7 Å². The summed E-state index contributed by atoms with van der Waals surface area (Å²) in [6.07, 6.45) is 3.16. The third-order valence-corrected chi connectivity index (χ3v) is 4.62. The van der Waals surface area contributed by atoms with Crippen LogP contribution in [0.1, 0.15) is 39.7 Å². The first-order valence-corrected chi connectivity index (χ1v) is 7.69. The van der Waals surface area contributed by atoms with Crippen LogP contribution in [0, 0.1) is 0 Å². The largest absolute Gasteiger partial charge is 0.384 e. The number of rotatable bonds is 2. The summed E-state index contributed by atoms with van der Waals surface area (Å²) < 4.78 is 0. The van der Waals surface area contributed by atoms with Crippen molar-refractivity contribution in [3.8, 4) is 0 Å². The second-order valence-corrected chi connectivity index (χ2v) is 6.21. The molecule has 1 aliphatic carbocycles. The lowest BCUT2D eigenvalue weighted by Crippen LogP contribution is -2.30. The van der Waals surface area contributed by atoms with Gasteiger partial charge in [0.2, 0.25) is 0 Å². The summed E-state index contributed by atoms with van der Waals surface area (Å²) in [6.45, 7) is 0. The van der Waals surface area contributed by atoms with E-state index in [0.717, 1.165) is 19.3 Å². The number of amides is 1. The predicted octanol–water partition coefficient (Wildman–Crippen LogP) is 3.19. The molecular formula is C14H14ClN3OS. The van der Waals surface area contributed by atoms with Gasteiger partial charge >= 0.3 is 0 Å². The molecule has 3 rings (SSSR count). The van der Waals surface area contributed by atoms with Crippen molar-refractivity contribution >= 4 is 34.7 Å². The minimum absolute atomic E-state index is 0.0747. The van der Waals surface area contributed by atoms with Crippen LogP contribution in [0.15, 0.2) is 23.6 Å². The Balaban J connectivity index is 1.80. The van der Waals surface area contributed by atoms with E-state index in [1.54, 1.807) is 17.4 Å². The van der Waals surface area contributed by atoms with Gasteiger partial charge in [-0.25, -0.2) is 4.98 Å². The molecule has 1 atom stereocenters. The Hall–Kier alpha value is -1.59. The average Bonchev–Trinajstić information content (AvgIpc) is 2.87. The van der Waals surface area contributed by atoms with Gasteiger partial charge in [0.05, 0.1) is 6.04 Å². The summed E-state index contributed by atoms with van der Waals surface area (Å²) in [5, 5.41) is 5.37. The lowest BCUT2D eigenvalue weighted by atomic mass is 9.94. The first kappa shape index (κ1) is 13.4. The van der Waals surface area contributed by atoms with Gasteiger partial charge in [-0.05, 0) is 48.4 Å². The molecule has 0 aliphatic heterocycles. The molecule has 2 aromatic heterocycles. The third-order valence-electron chi connectivity index (χ3n) is 3.43. The Bertz CT molecular complexity index is 635. The van der Waals surface area contributed by atoms with Crippen LogP contribution in [0.4, 0.5) is 5.82 Å². The van der Waals surface area contributed by atoms with E-state index >= 15 is 0 Å². The minimum Gasteiger partial charge on any atom is -0.384 e. The van der Waals surface area contributed by atoms with Crippen LogP contribution >= 0.6 is 22.9 Å². The number of anilines is 1. The Morgan fingerprint density at radius 1 is 1.50 bits per heavy atom. The SMILES string of the molecule is Nc1cc(C(=O)NC2CCCc3sccc32)cc(Cl)n1. The highest BCUT2D eigenvalue weighted by molar-refractivity contribution is 7.10. The standard InChI is InChI=1S/C14H14ClN3OS/c15-12-6-8(7-13(16)18-12)14(19)17-10-2-1-3-11-9(10)4-5-20-11/h4-7,10H,1-3H2,(H2,16,18)(H,17,19). The minimum atomic E-state index is -0.162. The van der Waals surface area contributed by atoms with E-state index < -0.39 is 0 Å². The zero-order valence-electron chi connectivity index (χ0n) is 10.7. The van der Waals surface area contributed by atoms with Crippen LogP contribution in [0.3, 0.4) is 0 Å². The highest BCUT2D eigenvalue weighted by Gasteiger charge is 2.23. The number of thiophene rings is 1. The molecule has 0 radical (unpaired) electrons. The summed E-state index contributed by atoms with van der Waals surface area (Å²) in [5.74, 6) is 0.0903. The first-order chi connectivity index (χ1) is 9.63. The number of nitrogens with one attached hydrogen (secondary N) is 1.